The van der Waals surface area contributed by atoms with Crippen molar-refractivity contribution in [2.24, 2.45) is 0 Å². The molecule has 1 aliphatic rings. The highest BCUT2D eigenvalue weighted by atomic mass is 32.1. The maximum atomic E-state index is 11.1. The van der Waals surface area contributed by atoms with Crippen LogP contribution < -0.4 is 4.90 Å². The molecule has 0 bridgehead atoms. The summed E-state index contributed by atoms with van der Waals surface area (Å²) in [5.74, 6) is 0. The molecule has 1 fully saturated rings. The van der Waals surface area contributed by atoms with E-state index in [9.17, 15) is 20.3 Å². The van der Waals surface area contributed by atoms with Gasteiger partial charge in [-0.2, -0.15) is 0 Å². The highest BCUT2D eigenvalue weighted by Crippen LogP contribution is 2.41. The Kier molecular flexibility index (Phi) is 3.80. The number of hydrogen-bond acceptors (Lipinski definition) is 6. The van der Waals surface area contributed by atoms with Crippen molar-refractivity contribution in [1.82, 2.24) is 0 Å². The zero-order valence-corrected chi connectivity index (χ0v) is 11.8. The van der Waals surface area contributed by atoms with Gasteiger partial charge in [-0.25, -0.2) is 0 Å². The Morgan fingerprint density at radius 1 is 1.53 bits per heavy atom. The van der Waals surface area contributed by atoms with Crippen LogP contribution in [0.2, 0.25) is 0 Å². The van der Waals surface area contributed by atoms with E-state index in [1.165, 1.54) is 17.4 Å². The molecule has 2 heterocycles. The van der Waals surface area contributed by atoms with Crippen molar-refractivity contribution in [2.75, 3.05) is 18.0 Å². The average Bonchev–Trinajstić information content (AvgIpc) is 2.74. The summed E-state index contributed by atoms with van der Waals surface area (Å²) in [6, 6.07) is 1.44. The van der Waals surface area contributed by atoms with Crippen molar-refractivity contribution >= 4 is 22.0 Å². The minimum atomic E-state index is -0.703. The Hall–Kier alpha value is -1.18. The predicted molar refractivity (Wildman–Crippen MR) is 73.7 cm³/mol. The lowest BCUT2D eigenvalue weighted by Crippen LogP contribution is -2.42. The normalized spacial score (nSPS) is 20.3. The molecule has 19 heavy (non-hydrogen) atoms. The first kappa shape index (κ1) is 14.2. The fourth-order valence-corrected chi connectivity index (χ4v) is 3.26. The topological polar surface area (TPSA) is 86.8 Å². The number of aliphatic hydroxyl groups is 2. The van der Waals surface area contributed by atoms with Crippen LogP contribution in [0.25, 0.3) is 0 Å². The van der Waals surface area contributed by atoms with Gasteiger partial charge in [-0.3, -0.25) is 10.1 Å². The van der Waals surface area contributed by atoms with Crippen molar-refractivity contribution in [3.05, 3.63) is 21.1 Å². The van der Waals surface area contributed by atoms with Gasteiger partial charge in [0.15, 0.2) is 5.00 Å². The maximum absolute atomic E-state index is 11.1. The molecule has 2 N–H and O–H groups in total. The van der Waals surface area contributed by atoms with E-state index in [0.29, 0.717) is 35.8 Å². The van der Waals surface area contributed by atoms with E-state index >= 15 is 0 Å². The molecular formula is C12H18N2O4S. The highest BCUT2D eigenvalue weighted by molar-refractivity contribution is 7.16. The van der Waals surface area contributed by atoms with Gasteiger partial charge in [0, 0.05) is 24.0 Å². The molecule has 1 aromatic heterocycles. The van der Waals surface area contributed by atoms with Crippen molar-refractivity contribution in [1.29, 1.82) is 0 Å². The maximum Gasteiger partial charge on any atom is 0.304 e. The van der Waals surface area contributed by atoms with Gasteiger partial charge in [-0.15, -0.1) is 11.3 Å². The fraction of sp³-hybridized carbons (Fsp3) is 0.667. The molecule has 1 unspecified atom stereocenters. The lowest BCUT2D eigenvalue weighted by atomic mass is 9.94. The monoisotopic (exact) mass is 286 g/mol. The molecule has 0 amide bonds. The Labute approximate surface area is 115 Å². The quantitative estimate of drug-likeness (QED) is 0.656. The SMILES string of the molecule is CC(O)c1cc([N+](=O)[O-])c(N2CCC(C)(O)CC2)s1. The van der Waals surface area contributed by atoms with Gasteiger partial charge >= 0.3 is 5.69 Å². The predicted octanol–water partition coefficient (Wildman–Crippen LogP) is 2.06. The lowest BCUT2D eigenvalue weighted by Gasteiger charge is -2.35. The summed E-state index contributed by atoms with van der Waals surface area (Å²) in [4.78, 5) is 13.2. The zero-order chi connectivity index (χ0) is 14.2. The summed E-state index contributed by atoms with van der Waals surface area (Å²) in [5, 5.41) is 31.1. The van der Waals surface area contributed by atoms with E-state index < -0.39 is 16.6 Å². The fourth-order valence-electron chi connectivity index (χ4n) is 2.14. The summed E-state index contributed by atoms with van der Waals surface area (Å²) in [6.07, 6.45) is 0.475. The second-order valence-corrected chi connectivity index (χ2v) is 6.32. The number of hydrogen-bond donors (Lipinski definition) is 2. The van der Waals surface area contributed by atoms with Crippen LogP contribution in [-0.4, -0.2) is 33.8 Å². The smallest absolute Gasteiger partial charge is 0.304 e. The number of nitro groups is 1. The van der Waals surface area contributed by atoms with Crippen molar-refractivity contribution in [3.8, 4) is 0 Å². The standard InChI is InChI=1S/C12H18N2O4S/c1-8(15)10-7-9(14(17)18)11(19-10)13-5-3-12(2,16)4-6-13/h7-8,15-16H,3-6H2,1-2H3. The summed E-state index contributed by atoms with van der Waals surface area (Å²) in [6.45, 7) is 4.57. The molecular weight excluding hydrogens is 268 g/mol. The Morgan fingerprint density at radius 3 is 2.58 bits per heavy atom. The molecule has 0 saturated carbocycles. The number of aliphatic hydroxyl groups excluding tert-OH is 1. The van der Waals surface area contributed by atoms with Crippen LogP contribution in [0.4, 0.5) is 10.7 Å². The molecule has 7 heteroatoms. The van der Waals surface area contributed by atoms with E-state index in [1.807, 2.05) is 4.90 Å². The minimum Gasteiger partial charge on any atom is -0.390 e. The first-order valence-electron chi connectivity index (χ1n) is 6.24. The molecule has 106 valence electrons. The number of rotatable bonds is 3. The van der Waals surface area contributed by atoms with E-state index in [1.54, 1.807) is 13.8 Å². The Morgan fingerprint density at radius 2 is 2.11 bits per heavy atom. The van der Waals surface area contributed by atoms with E-state index in [4.69, 9.17) is 0 Å². The van der Waals surface area contributed by atoms with Gasteiger partial charge in [0.2, 0.25) is 0 Å². The number of thiophene rings is 1. The molecule has 1 saturated heterocycles. The minimum absolute atomic E-state index is 0.0439. The molecule has 0 radical (unpaired) electrons. The first-order valence-corrected chi connectivity index (χ1v) is 7.05. The van der Waals surface area contributed by atoms with Crippen LogP contribution in [-0.2, 0) is 0 Å². The molecule has 0 aliphatic carbocycles. The molecule has 1 aromatic rings. The Balaban J connectivity index is 2.26. The van der Waals surface area contributed by atoms with Crippen LogP contribution in [0.3, 0.4) is 0 Å². The number of piperidine rings is 1. The zero-order valence-electron chi connectivity index (χ0n) is 11.0. The second kappa shape index (κ2) is 5.07. The van der Waals surface area contributed by atoms with Crippen LogP contribution in [0.15, 0.2) is 6.07 Å². The molecule has 1 atom stereocenters. The first-order chi connectivity index (χ1) is 8.80. The van der Waals surface area contributed by atoms with Crippen molar-refractivity contribution < 1.29 is 15.1 Å². The average molecular weight is 286 g/mol. The van der Waals surface area contributed by atoms with Gasteiger partial charge in [0.05, 0.1) is 16.6 Å². The molecule has 0 spiro atoms. The summed E-state index contributed by atoms with van der Waals surface area (Å²) < 4.78 is 0. The van der Waals surface area contributed by atoms with Gasteiger partial charge in [0.1, 0.15) is 0 Å². The van der Waals surface area contributed by atoms with E-state index in [2.05, 4.69) is 0 Å². The highest BCUT2D eigenvalue weighted by Gasteiger charge is 2.32. The Bertz CT molecular complexity index is 474. The number of anilines is 1. The van der Waals surface area contributed by atoms with Crippen molar-refractivity contribution in [3.63, 3.8) is 0 Å². The lowest BCUT2D eigenvalue weighted by molar-refractivity contribution is -0.383. The number of nitrogens with zero attached hydrogens (tertiary/aromatic N) is 2. The molecule has 0 aromatic carbocycles. The third kappa shape index (κ3) is 3.05. The van der Waals surface area contributed by atoms with Crippen LogP contribution in [0.5, 0.6) is 0 Å². The van der Waals surface area contributed by atoms with E-state index in [-0.39, 0.29) is 5.69 Å². The third-order valence-electron chi connectivity index (χ3n) is 3.45. The molecule has 2 rings (SSSR count). The van der Waals surface area contributed by atoms with Gasteiger partial charge in [0.25, 0.3) is 0 Å². The van der Waals surface area contributed by atoms with Crippen LogP contribution in [0.1, 0.15) is 37.7 Å². The van der Waals surface area contributed by atoms with Crippen molar-refractivity contribution in [2.45, 2.75) is 38.4 Å². The van der Waals surface area contributed by atoms with Gasteiger partial charge in [-0.05, 0) is 26.7 Å². The van der Waals surface area contributed by atoms with Crippen LogP contribution in [0, 0.1) is 10.1 Å². The second-order valence-electron chi connectivity index (χ2n) is 5.26. The largest absolute Gasteiger partial charge is 0.390 e. The molecule has 1 aliphatic heterocycles. The van der Waals surface area contributed by atoms with Gasteiger partial charge in [-0.1, -0.05) is 0 Å². The van der Waals surface area contributed by atoms with Gasteiger partial charge < -0.3 is 15.1 Å². The summed E-state index contributed by atoms with van der Waals surface area (Å²) >= 11 is 1.26. The summed E-state index contributed by atoms with van der Waals surface area (Å²) in [5.41, 5.74) is -0.641. The third-order valence-corrected chi connectivity index (χ3v) is 4.80. The summed E-state index contributed by atoms with van der Waals surface area (Å²) in [7, 11) is 0. The van der Waals surface area contributed by atoms with Crippen LogP contribution >= 0.6 is 11.3 Å². The molecule has 6 nitrogen and oxygen atoms in total. The van der Waals surface area contributed by atoms with E-state index in [0.717, 1.165) is 0 Å².